The van der Waals surface area contributed by atoms with E-state index >= 15 is 0 Å². The zero-order valence-corrected chi connectivity index (χ0v) is 26.7. The zero-order valence-electron chi connectivity index (χ0n) is 22.9. The fourth-order valence-corrected chi connectivity index (χ4v) is 7.06. The molecule has 4 rings (SSSR count). The molecule has 1 aliphatic carbocycles. The van der Waals surface area contributed by atoms with Crippen LogP contribution in [0.5, 0.6) is 0 Å². The SMILES string of the molecule is C[C@@H](C(=O)NC1CCCCC1)N(Cc1ccc(Cl)cc1Cl)C(=O)CN(c1cccc(Cl)c1)S(=O)(=O)c1ccc(Cl)cc1. The van der Waals surface area contributed by atoms with Crippen molar-refractivity contribution < 1.29 is 18.0 Å². The largest absolute Gasteiger partial charge is 0.352 e. The highest BCUT2D eigenvalue weighted by Crippen LogP contribution is 2.29. The number of amides is 2. The molecule has 0 heterocycles. The number of nitrogens with one attached hydrogen (secondary N) is 1. The fourth-order valence-electron chi connectivity index (χ4n) is 4.88. The van der Waals surface area contributed by atoms with Crippen LogP contribution in [0, 0.1) is 0 Å². The van der Waals surface area contributed by atoms with E-state index in [9.17, 15) is 18.0 Å². The second-order valence-corrected chi connectivity index (χ2v) is 13.8. The molecule has 0 bridgehead atoms. The van der Waals surface area contributed by atoms with Gasteiger partial charge in [0.05, 0.1) is 10.6 Å². The van der Waals surface area contributed by atoms with Crippen molar-refractivity contribution in [2.24, 2.45) is 0 Å². The number of hydrogen-bond donors (Lipinski definition) is 1. The van der Waals surface area contributed by atoms with Crippen molar-refractivity contribution >= 4 is 73.9 Å². The summed E-state index contributed by atoms with van der Waals surface area (Å²) >= 11 is 24.7. The maximum atomic E-state index is 14.1. The second-order valence-electron chi connectivity index (χ2n) is 10.2. The van der Waals surface area contributed by atoms with E-state index in [-0.39, 0.29) is 29.1 Å². The van der Waals surface area contributed by atoms with Crippen LogP contribution >= 0.6 is 46.4 Å². The zero-order chi connectivity index (χ0) is 30.4. The summed E-state index contributed by atoms with van der Waals surface area (Å²) in [6.07, 6.45) is 4.93. The first-order chi connectivity index (χ1) is 20.0. The molecule has 1 N–H and O–H groups in total. The Morgan fingerprint density at radius 1 is 0.881 bits per heavy atom. The number of carbonyl (C=O) groups excluding carboxylic acids is 2. The first kappa shape index (κ1) is 32.4. The third kappa shape index (κ3) is 8.11. The van der Waals surface area contributed by atoms with Crippen LogP contribution in [0.25, 0.3) is 0 Å². The minimum atomic E-state index is -4.25. The molecule has 0 spiro atoms. The Morgan fingerprint density at radius 2 is 1.52 bits per heavy atom. The Balaban J connectivity index is 1.69. The average molecular weight is 671 g/mol. The molecule has 1 fully saturated rings. The number of rotatable bonds is 10. The monoisotopic (exact) mass is 669 g/mol. The predicted molar refractivity (Wildman–Crippen MR) is 169 cm³/mol. The standard InChI is InChI=1S/C30H31Cl4N3O4S/c1-20(30(39)35-25-7-3-2-4-8-25)36(18-21-10-11-24(33)17-28(21)34)29(38)19-37(26-9-5-6-23(32)16-26)42(40,41)27-14-12-22(31)13-15-27/h5-6,9-17,20,25H,2-4,7-8,18-19H2,1H3,(H,35,39)/t20-/m0/s1. The molecular weight excluding hydrogens is 640 g/mol. The van der Waals surface area contributed by atoms with E-state index in [0.29, 0.717) is 25.7 Å². The number of carbonyl (C=O) groups is 2. The number of halogens is 4. The van der Waals surface area contributed by atoms with Crippen molar-refractivity contribution in [1.29, 1.82) is 0 Å². The Morgan fingerprint density at radius 3 is 2.17 bits per heavy atom. The van der Waals surface area contributed by atoms with Gasteiger partial charge in [-0.05, 0) is 79.9 Å². The van der Waals surface area contributed by atoms with Crippen molar-refractivity contribution in [3.63, 3.8) is 0 Å². The van der Waals surface area contributed by atoms with E-state index in [1.807, 2.05) is 0 Å². The number of anilines is 1. The number of hydrogen-bond acceptors (Lipinski definition) is 4. The highest BCUT2D eigenvalue weighted by atomic mass is 35.5. The predicted octanol–water partition coefficient (Wildman–Crippen LogP) is 7.36. The molecule has 1 aliphatic rings. The minimum Gasteiger partial charge on any atom is -0.352 e. The Bertz CT molecular complexity index is 1530. The van der Waals surface area contributed by atoms with E-state index in [2.05, 4.69) is 5.32 Å². The molecular formula is C30H31Cl4N3O4S. The van der Waals surface area contributed by atoms with Crippen molar-refractivity contribution in [1.82, 2.24) is 10.2 Å². The summed E-state index contributed by atoms with van der Waals surface area (Å²) in [7, 11) is -4.25. The van der Waals surface area contributed by atoms with E-state index in [0.717, 1.165) is 36.4 Å². The summed E-state index contributed by atoms with van der Waals surface area (Å²) < 4.78 is 28.7. The lowest BCUT2D eigenvalue weighted by atomic mass is 9.95. The highest BCUT2D eigenvalue weighted by molar-refractivity contribution is 7.92. The Hall–Kier alpha value is -2.49. The molecule has 42 heavy (non-hydrogen) atoms. The van der Waals surface area contributed by atoms with Gasteiger partial charge in [-0.1, -0.05) is 77.8 Å². The van der Waals surface area contributed by atoms with E-state index < -0.39 is 28.5 Å². The van der Waals surface area contributed by atoms with Gasteiger partial charge in [0.25, 0.3) is 10.0 Å². The Labute approximate surface area is 266 Å². The quantitative estimate of drug-likeness (QED) is 0.244. The molecule has 1 atom stereocenters. The van der Waals surface area contributed by atoms with Crippen LogP contribution in [-0.4, -0.2) is 43.8 Å². The van der Waals surface area contributed by atoms with E-state index in [1.54, 1.807) is 43.3 Å². The summed E-state index contributed by atoms with van der Waals surface area (Å²) in [6.45, 7) is 0.979. The van der Waals surface area contributed by atoms with Crippen molar-refractivity contribution in [2.45, 2.75) is 62.6 Å². The molecule has 0 radical (unpaired) electrons. The average Bonchev–Trinajstić information content (AvgIpc) is 2.95. The molecule has 3 aromatic carbocycles. The molecule has 12 heteroatoms. The lowest BCUT2D eigenvalue weighted by Crippen LogP contribution is -2.53. The van der Waals surface area contributed by atoms with Crippen LogP contribution in [-0.2, 0) is 26.2 Å². The molecule has 0 aromatic heterocycles. The summed E-state index contributed by atoms with van der Waals surface area (Å²) in [4.78, 5) is 28.8. The van der Waals surface area contributed by atoms with Gasteiger partial charge in [0.1, 0.15) is 12.6 Å². The van der Waals surface area contributed by atoms with Gasteiger partial charge in [0.2, 0.25) is 11.8 Å². The van der Waals surface area contributed by atoms with E-state index in [4.69, 9.17) is 46.4 Å². The summed E-state index contributed by atoms with van der Waals surface area (Å²) in [6, 6.07) is 15.8. The van der Waals surface area contributed by atoms with Gasteiger partial charge in [0, 0.05) is 32.7 Å². The van der Waals surface area contributed by atoms with Crippen molar-refractivity contribution in [2.75, 3.05) is 10.8 Å². The van der Waals surface area contributed by atoms with Crippen molar-refractivity contribution in [3.05, 3.63) is 92.4 Å². The lowest BCUT2D eigenvalue weighted by molar-refractivity contribution is -0.139. The minimum absolute atomic E-state index is 0.0259. The molecule has 1 saturated carbocycles. The lowest BCUT2D eigenvalue weighted by Gasteiger charge is -2.33. The maximum Gasteiger partial charge on any atom is 0.264 e. The Kier molecular flexibility index (Phi) is 11.1. The second kappa shape index (κ2) is 14.3. The number of benzene rings is 3. The molecule has 3 aromatic rings. The van der Waals surface area contributed by atoms with Crippen LogP contribution in [0.3, 0.4) is 0 Å². The molecule has 224 valence electrons. The van der Waals surface area contributed by atoms with Gasteiger partial charge < -0.3 is 10.2 Å². The fraction of sp³-hybridized carbons (Fsp3) is 0.333. The molecule has 0 saturated heterocycles. The van der Waals surface area contributed by atoms with Gasteiger partial charge in [0.15, 0.2) is 0 Å². The van der Waals surface area contributed by atoms with Gasteiger partial charge in [-0.2, -0.15) is 0 Å². The van der Waals surface area contributed by atoms with E-state index in [1.165, 1.54) is 35.2 Å². The normalized spacial score (nSPS) is 14.7. The van der Waals surface area contributed by atoms with Gasteiger partial charge in [-0.15, -0.1) is 0 Å². The third-order valence-electron chi connectivity index (χ3n) is 7.25. The van der Waals surface area contributed by atoms with Crippen LogP contribution in [0.4, 0.5) is 5.69 Å². The van der Waals surface area contributed by atoms with Gasteiger partial charge in [-0.25, -0.2) is 8.42 Å². The van der Waals surface area contributed by atoms with Crippen LogP contribution in [0.2, 0.25) is 20.1 Å². The topological polar surface area (TPSA) is 86.8 Å². The summed E-state index contributed by atoms with van der Waals surface area (Å²) in [5.41, 5.74) is 0.746. The van der Waals surface area contributed by atoms with Crippen LogP contribution < -0.4 is 9.62 Å². The summed E-state index contributed by atoms with van der Waals surface area (Å²) in [5, 5.41) is 4.47. The molecule has 2 amide bonds. The van der Waals surface area contributed by atoms with Crippen molar-refractivity contribution in [3.8, 4) is 0 Å². The molecule has 7 nitrogen and oxygen atoms in total. The highest BCUT2D eigenvalue weighted by Gasteiger charge is 2.33. The molecule has 0 unspecified atom stereocenters. The van der Waals surface area contributed by atoms with Gasteiger partial charge >= 0.3 is 0 Å². The maximum absolute atomic E-state index is 14.1. The smallest absolute Gasteiger partial charge is 0.264 e. The van der Waals surface area contributed by atoms with Crippen LogP contribution in [0.1, 0.15) is 44.6 Å². The van der Waals surface area contributed by atoms with Crippen LogP contribution in [0.15, 0.2) is 71.6 Å². The first-order valence-electron chi connectivity index (χ1n) is 13.5. The number of nitrogens with zero attached hydrogens (tertiary/aromatic N) is 2. The molecule has 0 aliphatic heterocycles. The third-order valence-corrected chi connectivity index (χ3v) is 10.1. The number of sulfonamides is 1. The summed E-state index contributed by atoms with van der Waals surface area (Å²) in [5.74, 6) is -0.931. The first-order valence-corrected chi connectivity index (χ1v) is 16.5. The van der Waals surface area contributed by atoms with Gasteiger partial charge in [-0.3, -0.25) is 13.9 Å².